The summed E-state index contributed by atoms with van der Waals surface area (Å²) in [4.78, 5) is 23.1. The monoisotopic (exact) mass is 307 g/mol. The molecule has 2 heterocycles. The minimum Gasteiger partial charge on any atom is -0.369 e. The standard InChI is InChI=1S/C14H21N5OS/c1-3-6-16-13-10-5-7-21-14(10)18-12(17-13)9-19(4-2)8-11(15)20/h5,7H,3-4,6,8-9H2,1-2H3,(H2,15,20)(H,16,17,18). The molecule has 0 bridgehead atoms. The van der Waals surface area contributed by atoms with E-state index in [0.717, 1.165) is 35.5 Å². The molecular formula is C14H21N5OS. The summed E-state index contributed by atoms with van der Waals surface area (Å²) >= 11 is 1.60. The van der Waals surface area contributed by atoms with Crippen LogP contribution in [0.1, 0.15) is 26.1 Å². The van der Waals surface area contributed by atoms with Crippen LogP contribution in [0.3, 0.4) is 0 Å². The van der Waals surface area contributed by atoms with E-state index in [4.69, 9.17) is 5.73 Å². The molecule has 2 aromatic heterocycles. The number of carbonyl (C=O) groups is 1. The molecular weight excluding hydrogens is 286 g/mol. The zero-order chi connectivity index (χ0) is 15.2. The third-order valence-corrected chi connectivity index (χ3v) is 3.91. The van der Waals surface area contributed by atoms with Crippen LogP contribution < -0.4 is 11.1 Å². The molecule has 0 spiro atoms. The highest BCUT2D eigenvalue weighted by Crippen LogP contribution is 2.25. The van der Waals surface area contributed by atoms with E-state index in [1.807, 2.05) is 23.3 Å². The molecule has 0 radical (unpaired) electrons. The van der Waals surface area contributed by atoms with E-state index < -0.39 is 0 Å². The predicted molar refractivity (Wildman–Crippen MR) is 86.3 cm³/mol. The maximum absolute atomic E-state index is 11.1. The Bertz CT molecular complexity index is 612. The van der Waals surface area contributed by atoms with Gasteiger partial charge in [0.25, 0.3) is 0 Å². The molecule has 0 fully saturated rings. The largest absolute Gasteiger partial charge is 0.369 e. The number of likely N-dealkylation sites (N-methyl/N-ethyl adjacent to an activating group) is 1. The van der Waals surface area contributed by atoms with E-state index in [1.165, 1.54) is 0 Å². The molecule has 0 saturated heterocycles. The summed E-state index contributed by atoms with van der Waals surface area (Å²) in [5.74, 6) is 1.25. The summed E-state index contributed by atoms with van der Waals surface area (Å²) in [6.07, 6.45) is 1.04. The molecule has 1 amide bonds. The maximum atomic E-state index is 11.1. The van der Waals surface area contributed by atoms with E-state index in [2.05, 4.69) is 22.2 Å². The molecule has 0 aromatic carbocycles. The summed E-state index contributed by atoms with van der Waals surface area (Å²) in [6.45, 7) is 6.45. The number of nitrogens with one attached hydrogen (secondary N) is 1. The number of amides is 1. The molecule has 0 saturated carbocycles. The van der Waals surface area contributed by atoms with E-state index in [0.29, 0.717) is 12.4 Å². The van der Waals surface area contributed by atoms with Gasteiger partial charge in [0.2, 0.25) is 5.91 Å². The predicted octanol–water partition coefficient (Wildman–Crippen LogP) is 1.82. The van der Waals surface area contributed by atoms with Crippen LogP contribution in [0, 0.1) is 0 Å². The van der Waals surface area contributed by atoms with E-state index in [1.54, 1.807) is 11.3 Å². The van der Waals surface area contributed by atoms with E-state index in [9.17, 15) is 4.79 Å². The molecule has 114 valence electrons. The second-order valence-corrected chi connectivity index (χ2v) is 5.72. The highest BCUT2D eigenvalue weighted by Gasteiger charge is 2.12. The fourth-order valence-electron chi connectivity index (χ4n) is 2.05. The van der Waals surface area contributed by atoms with Crippen LogP contribution in [0.5, 0.6) is 0 Å². The van der Waals surface area contributed by atoms with Gasteiger partial charge in [-0.25, -0.2) is 9.97 Å². The third kappa shape index (κ3) is 4.12. The first-order valence-corrected chi connectivity index (χ1v) is 8.00. The number of anilines is 1. The van der Waals surface area contributed by atoms with Crippen molar-refractivity contribution in [3.63, 3.8) is 0 Å². The lowest BCUT2D eigenvalue weighted by atomic mass is 10.3. The third-order valence-electron chi connectivity index (χ3n) is 3.11. The van der Waals surface area contributed by atoms with Crippen LogP contribution in [0.25, 0.3) is 10.2 Å². The summed E-state index contributed by atoms with van der Waals surface area (Å²) in [5, 5.41) is 6.41. The van der Waals surface area contributed by atoms with Crippen molar-refractivity contribution in [3.8, 4) is 0 Å². The second-order valence-electron chi connectivity index (χ2n) is 4.82. The molecule has 2 aromatic rings. The first kappa shape index (κ1) is 15.7. The van der Waals surface area contributed by atoms with Crippen molar-refractivity contribution in [2.75, 3.05) is 25.0 Å². The quantitative estimate of drug-likeness (QED) is 0.777. The van der Waals surface area contributed by atoms with E-state index >= 15 is 0 Å². The number of carbonyl (C=O) groups excluding carboxylic acids is 1. The molecule has 0 aliphatic carbocycles. The number of primary amides is 1. The van der Waals surface area contributed by atoms with E-state index in [-0.39, 0.29) is 12.5 Å². The van der Waals surface area contributed by atoms with Crippen LogP contribution in [0.4, 0.5) is 5.82 Å². The molecule has 3 N–H and O–H groups in total. The Kier molecular flexibility index (Phi) is 5.46. The first-order valence-electron chi connectivity index (χ1n) is 7.12. The average molecular weight is 307 g/mol. The van der Waals surface area contributed by atoms with Gasteiger partial charge in [-0.3, -0.25) is 9.69 Å². The number of thiophene rings is 1. The van der Waals surface area contributed by atoms with Crippen molar-refractivity contribution in [1.82, 2.24) is 14.9 Å². The number of hydrogen-bond donors (Lipinski definition) is 2. The van der Waals surface area contributed by atoms with Crippen molar-refractivity contribution in [2.45, 2.75) is 26.8 Å². The number of aromatic nitrogens is 2. The van der Waals surface area contributed by atoms with Crippen molar-refractivity contribution in [1.29, 1.82) is 0 Å². The number of nitrogens with two attached hydrogens (primary N) is 1. The topological polar surface area (TPSA) is 84.1 Å². The maximum Gasteiger partial charge on any atom is 0.231 e. The van der Waals surface area contributed by atoms with Gasteiger partial charge < -0.3 is 11.1 Å². The number of nitrogens with zero attached hydrogens (tertiary/aromatic N) is 3. The van der Waals surface area contributed by atoms with Crippen LogP contribution >= 0.6 is 11.3 Å². The van der Waals surface area contributed by atoms with Gasteiger partial charge in [0, 0.05) is 6.54 Å². The summed E-state index contributed by atoms with van der Waals surface area (Å²) < 4.78 is 0. The minimum atomic E-state index is -0.335. The zero-order valence-electron chi connectivity index (χ0n) is 12.4. The number of rotatable bonds is 8. The summed E-state index contributed by atoms with van der Waals surface area (Å²) in [7, 11) is 0. The lowest BCUT2D eigenvalue weighted by Gasteiger charge is -2.18. The smallest absolute Gasteiger partial charge is 0.231 e. The molecule has 0 aliphatic rings. The van der Waals surface area contributed by atoms with Gasteiger partial charge in [-0.2, -0.15) is 0 Å². The van der Waals surface area contributed by atoms with Crippen molar-refractivity contribution >= 4 is 33.3 Å². The Morgan fingerprint density at radius 3 is 2.90 bits per heavy atom. The Labute approximate surface area is 128 Å². The number of hydrogen-bond acceptors (Lipinski definition) is 6. The lowest BCUT2D eigenvalue weighted by molar-refractivity contribution is -0.119. The Balaban J connectivity index is 2.24. The highest BCUT2D eigenvalue weighted by molar-refractivity contribution is 7.16. The van der Waals surface area contributed by atoms with Crippen molar-refractivity contribution in [2.24, 2.45) is 5.73 Å². The van der Waals surface area contributed by atoms with Crippen LogP contribution in [-0.4, -0.2) is 40.4 Å². The van der Waals surface area contributed by atoms with Crippen LogP contribution in [0.2, 0.25) is 0 Å². The van der Waals surface area contributed by atoms with Gasteiger partial charge in [-0.1, -0.05) is 13.8 Å². The van der Waals surface area contributed by atoms with Gasteiger partial charge in [0.15, 0.2) is 0 Å². The van der Waals surface area contributed by atoms with Crippen molar-refractivity contribution < 1.29 is 4.79 Å². The molecule has 0 unspecified atom stereocenters. The molecule has 6 nitrogen and oxygen atoms in total. The number of fused-ring (bicyclic) bond motifs is 1. The second kappa shape index (κ2) is 7.33. The van der Waals surface area contributed by atoms with Gasteiger partial charge in [-0.05, 0) is 24.4 Å². The Morgan fingerprint density at radius 2 is 2.24 bits per heavy atom. The molecule has 0 atom stereocenters. The molecule has 2 rings (SSSR count). The fourth-order valence-corrected chi connectivity index (χ4v) is 2.83. The molecule has 21 heavy (non-hydrogen) atoms. The average Bonchev–Trinajstić information content (AvgIpc) is 2.91. The fraction of sp³-hybridized carbons (Fsp3) is 0.500. The normalized spacial score (nSPS) is 11.2. The van der Waals surface area contributed by atoms with Crippen LogP contribution in [0.15, 0.2) is 11.4 Å². The SMILES string of the molecule is CCCNc1nc(CN(CC)CC(N)=O)nc2sccc12. The Morgan fingerprint density at radius 1 is 1.43 bits per heavy atom. The van der Waals surface area contributed by atoms with Gasteiger partial charge in [-0.15, -0.1) is 11.3 Å². The van der Waals surface area contributed by atoms with Crippen LogP contribution in [-0.2, 0) is 11.3 Å². The lowest BCUT2D eigenvalue weighted by Crippen LogP contribution is -2.33. The van der Waals surface area contributed by atoms with Gasteiger partial charge in [0.1, 0.15) is 16.5 Å². The molecule has 7 heteroatoms. The Hall–Kier alpha value is -1.73. The minimum absolute atomic E-state index is 0.222. The van der Waals surface area contributed by atoms with Crippen molar-refractivity contribution in [3.05, 3.63) is 17.3 Å². The summed E-state index contributed by atoms with van der Waals surface area (Å²) in [6, 6.07) is 2.03. The molecule has 0 aliphatic heterocycles. The highest BCUT2D eigenvalue weighted by atomic mass is 32.1. The van der Waals surface area contributed by atoms with Gasteiger partial charge >= 0.3 is 0 Å². The van der Waals surface area contributed by atoms with Gasteiger partial charge in [0.05, 0.1) is 18.5 Å². The first-order chi connectivity index (χ1) is 10.1. The zero-order valence-corrected chi connectivity index (χ0v) is 13.2. The summed E-state index contributed by atoms with van der Waals surface area (Å²) in [5.41, 5.74) is 5.26.